The van der Waals surface area contributed by atoms with Crippen LogP contribution in [0.4, 0.5) is 22.0 Å². The molecule has 2 aromatic rings. The zero-order valence-electron chi connectivity index (χ0n) is 15.4. The fourth-order valence-electron chi connectivity index (χ4n) is 2.55. The number of rotatable bonds is 8. The topological polar surface area (TPSA) is 149 Å². The van der Waals surface area contributed by atoms with Crippen molar-refractivity contribution >= 4 is 51.5 Å². The lowest BCUT2D eigenvalue weighted by molar-refractivity contribution is 0.0640. The molecule has 33 heavy (non-hydrogen) atoms. The summed E-state index contributed by atoms with van der Waals surface area (Å²) in [5.74, 6) is -19.0. The van der Waals surface area contributed by atoms with Crippen LogP contribution in [0.3, 0.4) is 0 Å². The van der Waals surface area contributed by atoms with Gasteiger partial charge in [-0.2, -0.15) is 0 Å². The quantitative estimate of drug-likeness (QED) is 0.225. The van der Waals surface area contributed by atoms with Crippen molar-refractivity contribution in [2.24, 2.45) is 0 Å². The summed E-state index contributed by atoms with van der Waals surface area (Å²) >= 11 is 0. The summed E-state index contributed by atoms with van der Waals surface area (Å²) in [6.45, 7) is 3.12. The Kier molecular flexibility index (Phi) is 7.39. The van der Waals surface area contributed by atoms with E-state index >= 15 is 0 Å². The summed E-state index contributed by atoms with van der Waals surface area (Å²) in [4.78, 5) is 42.3. The number of carboxylic acid groups (broad SMARTS) is 4. The van der Waals surface area contributed by atoms with E-state index in [0.29, 0.717) is 6.08 Å². The predicted octanol–water partition coefficient (Wildman–Crippen LogP) is 4.62. The summed E-state index contributed by atoms with van der Waals surface area (Å²) in [6.07, 6.45) is 0.572. The Bertz CT molecular complexity index is 1260. The maximum absolute atomic E-state index is 14.8. The molecule has 4 N–H and O–H groups in total. The van der Waals surface area contributed by atoms with Crippen LogP contribution in [0.15, 0.2) is 16.4 Å². The zero-order chi connectivity index (χ0) is 25.4. The molecule has 0 spiro atoms. The van der Waals surface area contributed by atoms with Gasteiger partial charge in [0.2, 0.25) is 0 Å². The molecule has 0 heterocycles. The number of carboxylic acids is 4. The maximum atomic E-state index is 14.8. The first-order chi connectivity index (χ1) is 15.3. The summed E-state index contributed by atoms with van der Waals surface area (Å²) in [5.41, 5.74) is -7.70. The third-order valence-electron chi connectivity index (χ3n) is 3.92. The highest BCUT2D eigenvalue weighted by Crippen LogP contribution is 2.46. The molecule has 2 rings (SSSR count). The van der Waals surface area contributed by atoms with Crippen LogP contribution >= 0.6 is 21.6 Å². The van der Waals surface area contributed by atoms with Crippen LogP contribution in [0.5, 0.6) is 0 Å². The Morgan fingerprint density at radius 3 is 1.30 bits per heavy atom. The van der Waals surface area contributed by atoms with Crippen LogP contribution in [0.2, 0.25) is 0 Å². The molecule has 0 atom stereocenters. The Morgan fingerprint density at radius 1 is 0.576 bits per heavy atom. The van der Waals surface area contributed by atoms with Crippen LogP contribution in [-0.4, -0.2) is 44.3 Å². The van der Waals surface area contributed by atoms with Crippen molar-refractivity contribution in [3.63, 3.8) is 0 Å². The van der Waals surface area contributed by atoms with Crippen molar-refractivity contribution in [2.75, 3.05) is 0 Å². The number of hydrogen-bond donors (Lipinski definition) is 4. The number of benzene rings is 2. The van der Waals surface area contributed by atoms with E-state index in [4.69, 9.17) is 20.4 Å². The van der Waals surface area contributed by atoms with E-state index < -0.39 is 90.6 Å². The lowest BCUT2D eigenvalue weighted by Crippen LogP contribution is -2.16. The maximum Gasteiger partial charge on any atom is 0.339 e. The SMILES string of the molecule is C=Cc1c(F)c(C(=O)O)c(C(=O)O)c(F)c1SSc1c(F)c(F)c(C(=O)O)c(C(=O)O)c1F. The van der Waals surface area contributed by atoms with Gasteiger partial charge in [-0.15, -0.1) is 0 Å². The van der Waals surface area contributed by atoms with Gasteiger partial charge in [-0.3, -0.25) is 0 Å². The van der Waals surface area contributed by atoms with E-state index in [9.17, 15) is 41.1 Å². The van der Waals surface area contributed by atoms with Crippen LogP contribution in [0.25, 0.3) is 6.08 Å². The second-order valence-corrected chi connectivity index (χ2v) is 7.88. The molecule has 15 heteroatoms. The standard InChI is InChI=1S/C18H7F5O8S2/c1-2-3-8(19)4(15(24)25)6(17(28)29)10(21)13(3)32-33-14-11(22)7(18(30)31)5(16(26)27)9(20)12(14)23/h2H,1H2,(H,24,25)(H,26,27)(H,28,29)(H,30,31). The second kappa shape index (κ2) is 9.50. The van der Waals surface area contributed by atoms with Gasteiger partial charge in [-0.1, -0.05) is 12.7 Å². The minimum Gasteiger partial charge on any atom is -0.478 e. The van der Waals surface area contributed by atoms with Gasteiger partial charge >= 0.3 is 23.9 Å². The smallest absolute Gasteiger partial charge is 0.339 e. The van der Waals surface area contributed by atoms with E-state index in [0.717, 1.165) is 0 Å². The third-order valence-corrected chi connectivity index (χ3v) is 6.34. The predicted molar refractivity (Wildman–Crippen MR) is 102 cm³/mol. The normalized spacial score (nSPS) is 10.7. The molecular weight excluding hydrogens is 503 g/mol. The minimum absolute atomic E-state index is 0.124. The number of aromatic carboxylic acids is 4. The molecule has 0 aromatic heterocycles. The summed E-state index contributed by atoms with van der Waals surface area (Å²) in [5, 5.41) is 36.0. The average molecular weight is 510 g/mol. The number of halogens is 5. The minimum atomic E-state index is -2.30. The molecule has 0 saturated heterocycles. The van der Waals surface area contributed by atoms with Crippen molar-refractivity contribution < 1.29 is 61.6 Å². The van der Waals surface area contributed by atoms with Crippen molar-refractivity contribution in [3.05, 3.63) is 63.5 Å². The monoisotopic (exact) mass is 510 g/mol. The first-order valence-corrected chi connectivity index (χ1v) is 10.1. The molecule has 0 saturated carbocycles. The Balaban J connectivity index is 2.76. The summed E-state index contributed by atoms with van der Waals surface area (Å²) < 4.78 is 72.4. The van der Waals surface area contributed by atoms with Crippen LogP contribution < -0.4 is 0 Å². The molecule has 0 aliphatic rings. The van der Waals surface area contributed by atoms with Gasteiger partial charge in [0.25, 0.3) is 0 Å². The fourth-order valence-corrected chi connectivity index (χ4v) is 4.92. The van der Waals surface area contributed by atoms with Gasteiger partial charge in [0.05, 0.1) is 9.79 Å². The van der Waals surface area contributed by atoms with Gasteiger partial charge in [-0.05, 0) is 21.6 Å². The van der Waals surface area contributed by atoms with Gasteiger partial charge in [-0.25, -0.2) is 41.1 Å². The highest BCUT2D eigenvalue weighted by atomic mass is 33.1. The molecule has 2 aromatic carbocycles. The number of hydrogen-bond acceptors (Lipinski definition) is 6. The van der Waals surface area contributed by atoms with E-state index in [2.05, 4.69) is 6.58 Å². The zero-order valence-corrected chi connectivity index (χ0v) is 17.0. The van der Waals surface area contributed by atoms with E-state index in [1.807, 2.05) is 0 Å². The first kappa shape index (κ1) is 25.7. The molecule has 0 radical (unpaired) electrons. The highest BCUT2D eigenvalue weighted by molar-refractivity contribution is 8.76. The number of carbonyl (C=O) groups is 4. The Hall–Kier alpha value is -3.59. The van der Waals surface area contributed by atoms with Crippen LogP contribution in [0, 0.1) is 29.1 Å². The molecule has 0 aliphatic heterocycles. The molecule has 0 amide bonds. The fraction of sp³-hybridized carbons (Fsp3) is 0. The molecule has 0 fully saturated rings. The third kappa shape index (κ3) is 4.36. The van der Waals surface area contributed by atoms with Crippen molar-refractivity contribution in [1.82, 2.24) is 0 Å². The Labute approximate surface area is 186 Å². The van der Waals surface area contributed by atoms with E-state index in [1.54, 1.807) is 0 Å². The van der Waals surface area contributed by atoms with Gasteiger partial charge in [0.1, 0.15) is 28.1 Å². The lowest BCUT2D eigenvalue weighted by atomic mass is 10.0. The first-order valence-electron chi connectivity index (χ1n) is 7.93. The van der Waals surface area contributed by atoms with E-state index in [1.165, 1.54) is 0 Å². The lowest BCUT2D eigenvalue weighted by Gasteiger charge is -2.15. The molecule has 174 valence electrons. The summed E-state index contributed by atoms with van der Waals surface area (Å²) in [7, 11) is -0.368. The average Bonchev–Trinajstić information content (AvgIpc) is 2.70. The van der Waals surface area contributed by atoms with Crippen molar-refractivity contribution in [3.8, 4) is 0 Å². The van der Waals surface area contributed by atoms with Gasteiger partial charge in [0.15, 0.2) is 23.3 Å². The van der Waals surface area contributed by atoms with Crippen LogP contribution in [-0.2, 0) is 0 Å². The highest BCUT2D eigenvalue weighted by Gasteiger charge is 2.35. The van der Waals surface area contributed by atoms with Crippen molar-refractivity contribution in [2.45, 2.75) is 9.79 Å². The van der Waals surface area contributed by atoms with Gasteiger partial charge in [0, 0.05) is 5.56 Å². The van der Waals surface area contributed by atoms with Crippen LogP contribution in [0.1, 0.15) is 47.0 Å². The molecular formula is C18H7F5O8S2. The largest absolute Gasteiger partial charge is 0.478 e. The molecule has 0 unspecified atom stereocenters. The summed E-state index contributed by atoms with van der Waals surface area (Å²) in [6, 6.07) is 0. The van der Waals surface area contributed by atoms with Gasteiger partial charge < -0.3 is 20.4 Å². The van der Waals surface area contributed by atoms with E-state index in [-0.39, 0.29) is 21.6 Å². The molecule has 0 bridgehead atoms. The van der Waals surface area contributed by atoms with Crippen molar-refractivity contribution in [1.29, 1.82) is 0 Å². The Morgan fingerprint density at radius 2 is 0.909 bits per heavy atom. The molecule has 0 aliphatic carbocycles. The molecule has 8 nitrogen and oxygen atoms in total. The second-order valence-electron chi connectivity index (χ2n) is 5.73.